The molecule has 29 heavy (non-hydrogen) atoms. The zero-order chi connectivity index (χ0) is 20.8. The summed E-state index contributed by atoms with van der Waals surface area (Å²) >= 11 is 0. The lowest BCUT2D eigenvalue weighted by Crippen LogP contribution is -2.02. The first-order valence-corrected chi connectivity index (χ1v) is 11.2. The van der Waals surface area contributed by atoms with Crippen molar-refractivity contribution in [1.29, 1.82) is 0 Å². The van der Waals surface area contributed by atoms with Crippen LogP contribution < -0.4 is 0 Å². The Labute approximate surface area is 177 Å². The molecule has 0 aromatic heterocycles. The molecule has 2 atom stereocenters. The zero-order valence-corrected chi connectivity index (χ0v) is 19.2. The summed E-state index contributed by atoms with van der Waals surface area (Å²) in [5, 5.41) is 0. The van der Waals surface area contributed by atoms with E-state index in [1.165, 1.54) is 5.56 Å². The van der Waals surface area contributed by atoms with Crippen molar-refractivity contribution in [2.75, 3.05) is 14.2 Å². The van der Waals surface area contributed by atoms with Crippen LogP contribution >= 0.6 is 18.5 Å². The molecule has 2 unspecified atom stereocenters. The van der Waals surface area contributed by atoms with E-state index in [0.717, 1.165) is 45.7 Å². The Morgan fingerprint density at radius 2 is 1.28 bits per heavy atom. The zero-order valence-electron chi connectivity index (χ0n) is 16.9. The highest BCUT2D eigenvalue weighted by molar-refractivity contribution is 7.15. The summed E-state index contributed by atoms with van der Waals surface area (Å²) in [4.78, 5) is 0. The van der Waals surface area contributed by atoms with Gasteiger partial charge in [0.1, 0.15) is 5.82 Å². The average molecular weight is 428 g/mol. The van der Waals surface area contributed by atoms with Crippen LogP contribution in [-0.4, -0.2) is 14.2 Å². The Hall–Kier alpha value is -1.63. The SMILES string of the molecule is COCc1cc(CP)cc(COC)c1-c1ccc(-c2ccc(CP)cc2)cc1F. The summed E-state index contributed by atoms with van der Waals surface area (Å²) in [6, 6.07) is 17.8. The van der Waals surface area contributed by atoms with E-state index in [2.05, 4.69) is 42.7 Å². The molecule has 3 aromatic carbocycles. The van der Waals surface area contributed by atoms with Crippen LogP contribution in [0, 0.1) is 5.82 Å². The number of methoxy groups -OCH3 is 2. The monoisotopic (exact) mass is 428 g/mol. The minimum Gasteiger partial charge on any atom is -0.380 e. The van der Waals surface area contributed by atoms with E-state index >= 15 is 4.39 Å². The van der Waals surface area contributed by atoms with Gasteiger partial charge >= 0.3 is 0 Å². The number of hydrogen-bond acceptors (Lipinski definition) is 2. The number of hydrogen-bond donors (Lipinski definition) is 0. The molecule has 0 aliphatic heterocycles. The van der Waals surface area contributed by atoms with Gasteiger partial charge in [0.15, 0.2) is 0 Å². The van der Waals surface area contributed by atoms with E-state index in [0.29, 0.717) is 18.8 Å². The first kappa shape index (κ1) is 22.1. The normalized spacial score (nSPS) is 11.1. The van der Waals surface area contributed by atoms with E-state index in [9.17, 15) is 0 Å². The van der Waals surface area contributed by atoms with Crippen molar-refractivity contribution in [2.45, 2.75) is 25.5 Å². The molecule has 0 N–H and O–H groups in total. The van der Waals surface area contributed by atoms with E-state index in [1.54, 1.807) is 20.3 Å². The van der Waals surface area contributed by atoms with Crippen LogP contribution in [0.25, 0.3) is 22.3 Å². The predicted molar refractivity (Wildman–Crippen MR) is 126 cm³/mol. The summed E-state index contributed by atoms with van der Waals surface area (Å²) in [7, 11) is 8.77. The Bertz CT molecular complexity index is 944. The maximum Gasteiger partial charge on any atom is 0.131 e. The second-order valence-electron chi connectivity index (χ2n) is 6.95. The highest BCUT2D eigenvalue weighted by Crippen LogP contribution is 2.35. The summed E-state index contributed by atoms with van der Waals surface area (Å²) in [5.41, 5.74) is 7.63. The van der Waals surface area contributed by atoms with Crippen molar-refractivity contribution in [3.8, 4) is 22.3 Å². The van der Waals surface area contributed by atoms with Gasteiger partial charge in [0.05, 0.1) is 13.2 Å². The van der Waals surface area contributed by atoms with Crippen molar-refractivity contribution in [1.82, 2.24) is 0 Å². The molecule has 5 heteroatoms. The Kier molecular flexibility index (Phi) is 7.92. The highest BCUT2D eigenvalue weighted by atomic mass is 31.0. The Morgan fingerprint density at radius 3 is 1.76 bits per heavy atom. The highest BCUT2D eigenvalue weighted by Gasteiger charge is 2.17. The first-order chi connectivity index (χ1) is 14.1. The lowest BCUT2D eigenvalue weighted by Gasteiger charge is -2.18. The van der Waals surface area contributed by atoms with Gasteiger partial charge in [0, 0.05) is 19.8 Å². The predicted octanol–water partition coefficient (Wildman–Crippen LogP) is 6.20. The second kappa shape index (κ2) is 10.4. The fourth-order valence-corrected chi connectivity index (χ4v) is 4.08. The minimum absolute atomic E-state index is 0.244. The molecule has 0 spiro atoms. The van der Waals surface area contributed by atoms with Crippen molar-refractivity contribution in [2.24, 2.45) is 0 Å². The molecule has 3 rings (SSSR count). The molecule has 0 fully saturated rings. The van der Waals surface area contributed by atoms with Gasteiger partial charge < -0.3 is 9.47 Å². The van der Waals surface area contributed by atoms with Gasteiger partial charge in [0.25, 0.3) is 0 Å². The average Bonchev–Trinajstić information content (AvgIpc) is 2.74. The quantitative estimate of drug-likeness (QED) is 0.398. The maximum absolute atomic E-state index is 15.3. The van der Waals surface area contributed by atoms with Gasteiger partial charge in [0.2, 0.25) is 0 Å². The molecular weight excluding hydrogens is 401 g/mol. The minimum atomic E-state index is -0.244. The number of rotatable bonds is 8. The van der Waals surface area contributed by atoms with Crippen molar-refractivity contribution in [3.05, 3.63) is 82.7 Å². The summed E-state index contributed by atoms with van der Waals surface area (Å²) < 4.78 is 26.1. The van der Waals surface area contributed by atoms with Gasteiger partial charge in [-0.25, -0.2) is 4.39 Å². The maximum atomic E-state index is 15.3. The third kappa shape index (κ3) is 5.11. The van der Waals surface area contributed by atoms with Crippen LogP contribution in [0.4, 0.5) is 4.39 Å². The second-order valence-corrected chi connectivity index (χ2v) is 7.77. The molecule has 3 aromatic rings. The van der Waals surface area contributed by atoms with E-state index in [4.69, 9.17) is 9.47 Å². The van der Waals surface area contributed by atoms with Gasteiger partial charge in [-0.1, -0.05) is 48.5 Å². The number of benzene rings is 3. The van der Waals surface area contributed by atoms with Crippen LogP contribution in [0.15, 0.2) is 54.6 Å². The fraction of sp³-hybridized carbons (Fsp3) is 0.250. The van der Waals surface area contributed by atoms with E-state index in [-0.39, 0.29) is 5.82 Å². The molecule has 0 radical (unpaired) electrons. The summed E-state index contributed by atoms with van der Waals surface area (Å²) in [5.74, 6) is -0.244. The van der Waals surface area contributed by atoms with Crippen molar-refractivity contribution < 1.29 is 13.9 Å². The van der Waals surface area contributed by atoms with Crippen LogP contribution in [0.2, 0.25) is 0 Å². The van der Waals surface area contributed by atoms with Crippen LogP contribution in [0.3, 0.4) is 0 Å². The van der Waals surface area contributed by atoms with Crippen LogP contribution in [-0.2, 0) is 35.0 Å². The number of halogens is 1. The molecule has 0 amide bonds. The molecule has 0 bridgehead atoms. The lowest BCUT2D eigenvalue weighted by molar-refractivity contribution is 0.180. The van der Waals surface area contributed by atoms with Crippen LogP contribution in [0.5, 0.6) is 0 Å². The third-order valence-corrected chi connectivity index (χ3v) is 5.90. The fourth-order valence-electron chi connectivity index (χ4n) is 3.57. The Balaban J connectivity index is 2.09. The Morgan fingerprint density at radius 1 is 0.724 bits per heavy atom. The largest absolute Gasteiger partial charge is 0.380 e. The summed E-state index contributed by atoms with van der Waals surface area (Å²) in [6.07, 6.45) is 1.73. The third-order valence-electron chi connectivity index (χ3n) is 4.96. The first-order valence-electron chi connectivity index (χ1n) is 9.53. The molecule has 2 nitrogen and oxygen atoms in total. The van der Waals surface area contributed by atoms with Gasteiger partial charge in [-0.15, -0.1) is 18.5 Å². The van der Waals surface area contributed by atoms with Crippen LogP contribution in [0.1, 0.15) is 22.3 Å². The van der Waals surface area contributed by atoms with E-state index < -0.39 is 0 Å². The van der Waals surface area contributed by atoms with Gasteiger partial charge in [-0.3, -0.25) is 0 Å². The smallest absolute Gasteiger partial charge is 0.131 e. The summed E-state index contributed by atoms with van der Waals surface area (Å²) in [6.45, 7) is 0.838. The molecule has 0 heterocycles. The van der Waals surface area contributed by atoms with Crippen molar-refractivity contribution >= 4 is 18.5 Å². The number of ether oxygens (including phenoxy) is 2. The molecular formula is C24H27FO2P2. The molecule has 0 saturated heterocycles. The molecule has 152 valence electrons. The van der Waals surface area contributed by atoms with Gasteiger partial charge in [-0.2, -0.15) is 0 Å². The standard InChI is InChI=1S/C24H27FO2P2/c1-26-12-20-9-17(15-29)10-21(13-27-2)24(20)22-8-7-19(11-23(22)25)18-5-3-16(14-28)4-6-18/h3-11H,12-15,28-29H2,1-2H3. The topological polar surface area (TPSA) is 18.5 Å². The lowest BCUT2D eigenvalue weighted by atomic mass is 9.91. The van der Waals surface area contributed by atoms with Crippen molar-refractivity contribution in [3.63, 3.8) is 0 Å². The van der Waals surface area contributed by atoms with E-state index in [1.807, 2.05) is 24.3 Å². The molecule has 0 aliphatic rings. The molecule has 0 saturated carbocycles. The molecule has 0 aliphatic carbocycles. The van der Waals surface area contributed by atoms with Gasteiger partial charge in [-0.05, 0) is 57.3 Å².